The SMILES string of the molecule is Cc1cc(CN)ccc1CN=O.Cc1ccc(N)c(C)c1.NC=O. The molecule has 24 heavy (non-hydrogen) atoms. The Labute approximate surface area is 143 Å². The van der Waals surface area contributed by atoms with E-state index in [9.17, 15) is 4.91 Å². The normalized spacial score (nSPS) is 9.00. The van der Waals surface area contributed by atoms with Crippen molar-refractivity contribution in [2.24, 2.45) is 16.6 Å². The summed E-state index contributed by atoms with van der Waals surface area (Å²) in [6, 6.07) is 11.8. The fraction of sp³-hybridized carbons (Fsp3) is 0.278. The Hall–Kier alpha value is -2.73. The van der Waals surface area contributed by atoms with Gasteiger partial charge in [0.05, 0.1) is 0 Å². The average Bonchev–Trinajstić information content (AvgIpc) is 2.55. The third kappa shape index (κ3) is 8.05. The first-order valence-corrected chi connectivity index (χ1v) is 7.45. The molecule has 0 unspecified atom stereocenters. The fourth-order valence-electron chi connectivity index (χ4n) is 1.96. The Balaban J connectivity index is 0.000000390. The summed E-state index contributed by atoms with van der Waals surface area (Å²) in [5.74, 6) is 0. The van der Waals surface area contributed by atoms with Crippen LogP contribution < -0.4 is 17.2 Å². The molecular weight excluding hydrogens is 304 g/mol. The Bertz CT molecular complexity index is 657. The van der Waals surface area contributed by atoms with E-state index >= 15 is 0 Å². The first kappa shape index (κ1) is 21.3. The summed E-state index contributed by atoms with van der Waals surface area (Å²) in [5, 5.41) is 2.84. The van der Waals surface area contributed by atoms with Crippen molar-refractivity contribution in [3.63, 3.8) is 0 Å². The second-order valence-electron chi connectivity index (χ2n) is 5.25. The number of amides is 1. The maximum atomic E-state index is 10.0. The molecule has 0 spiro atoms. The summed E-state index contributed by atoms with van der Waals surface area (Å²) < 4.78 is 0. The number of anilines is 1. The number of benzene rings is 2. The Morgan fingerprint density at radius 2 is 1.67 bits per heavy atom. The third-order valence-electron chi connectivity index (χ3n) is 3.30. The van der Waals surface area contributed by atoms with Crippen LogP contribution in [0.5, 0.6) is 0 Å². The molecule has 6 N–H and O–H groups in total. The molecule has 0 fully saturated rings. The number of carbonyl (C=O) groups is 1. The number of nitrogens with two attached hydrogens (primary N) is 3. The minimum atomic E-state index is 0.247. The molecule has 0 aliphatic rings. The van der Waals surface area contributed by atoms with Gasteiger partial charge in [0.2, 0.25) is 6.41 Å². The van der Waals surface area contributed by atoms with E-state index in [2.05, 4.69) is 23.9 Å². The van der Waals surface area contributed by atoms with Crippen molar-refractivity contribution in [2.75, 3.05) is 5.73 Å². The van der Waals surface area contributed by atoms with Crippen LogP contribution in [0, 0.1) is 25.7 Å². The van der Waals surface area contributed by atoms with Gasteiger partial charge in [-0.2, -0.15) is 4.91 Å². The molecule has 2 aromatic carbocycles. The first-order chi connectivity index (χ1) is 11.4. The van der Waals surface area contributed by atoms with Crippen LogP contribution in [0.15, 0.2) is 41.6 Å². The number of nitroso groups, excluding NO2 is 1. The lowest BCUT2D eigenvalue weighted by molar-refractivity contribution is -0.106. The van der Waals surface area contributed by atoms with Gasteiger partial charge in [-0.05, 0) is 49.1 Å². The van der Waals surface area contributed by atoms with Gasteiger partial charge in [0, 0.05) is 12.2 Å². The standard InChI is InChI=1S/C9H12N2O.C8H11N.CH3NO/c1-7-4-8(5-10)2-3-9(7)6-11-12;1-6-3-4-8(9)7(2)5-6;2-1-3/h2-4H,5-6,10H2,1H3;3-5H,9H2,1-2H3;1H,(H2,2,3). The molecule has 2 rings (SSSR count). The largest absolute Gasteiger partial charge is 0.399 e. The summed E-state index contributed by atoms with van der Waals surface area (Å²) in [4.78, 5) is 18.6. The van der Waals surface area contributed by atoms with Gasteiger partial charge in [-0.1, -0.05) is 41.1 Å². The van der Waals surface area contributed by atoms with Gasteiger partial charge >= 0.3 is 0 Å². The van der Waals surface area contributed by atoms with E-state index in [0.717, 1.165) is 27.9 Å². The number of rotatable bonds is 3. The van der Waals surface area contributed by atoms with E-state index < -0.39 is 0 Å². The molecule has 130 valence electrons. The second kappa shape index (κ2) is 11.8. The van der Waals surface area contributed by atoms with E-state index in [1.807, 2.05) is 44.2 Å². The van der Waals surface area contributed by atoms with Gasteiger partial charge in [0.1, 0.15) is 6.54 Å². The highest BCUT2D eigenvalue weighted by Gasteiger charge is 1.98. The van der Waals surface area contributed by atoms with Crippen LogP contribution in [0.4, 0.5) is 5.69 Å². The predicted molar refractivity (Wildman–Crippen MR) is 99.1 cm³/mol. The molecule has 0 aromatic heterocycles. The maximum absolute atomic E-state index is 10.0. The number of hydrogen-bond acceptors (Lipinski definition) is 5. The van der Waals surface area contributed by atoms with E-state index in [1.165, 1.54) is 5.56 Å². The monoisotopic (exact) mass is 330 g/mol. The number of aryl methyl sites for hydroxylation is 3. The molecule has 0 aliphatic carbocycles. The molecule has 1 amide bonds. The quantitative estimate of drug-likeness (QED) is 0.454. The smallest absolute Gasteiger partial charge is 0.204 e. The zero-order chi connectivity index (χ0) is 18.5. The van der Waals surface area contributed by atoms with Crippen molar-refractivity contribution in [1.82, 2.24) is 0 Å². The lowest BCUT2D eigenvalue weighted by Gasteiger charge is -2.03. The van der Waals surface area contributed by atoms with Crippen LogP contribution in [-0.4, -0.2) is 6.41 Å². The highest BCUT2D eigenvalue weighted by atomic mass is 16.3. The van der Waals surface area contributed by atoms with E-state index in [0.29, 0.717) is 6.54 Å². The van der Waals surface area contributed by atoms with Gasteiger partial charge in [-0.15, -0.1) is 0 Å². The Morgan fingerprint density at radius 3 is 2.08 bits per heavy atom. The molecule has 0 saturated heterocycles. The van der Waals surface area contributed by atoms with Crippen LogP contribution in [-0.2, 0) is 17.9 Å². The molecule has 0 saturated carbocycles. The molecule has 6 heteroatoms. The summed E-state index contributed by atoms with van der Waals surface area (Å²) in [5.41, 5.74) is 21.7. The molecule has 2 aromatic rings. The number of primary amides is 1. The number of hydrogen-bond donors (Lipinski definition) is 3. The fourth-order valence-corrected chi connectivity index (χ4v) is 1.96. The maximum Gasteiger partial charge on any atom is 0.204 e. The molecule has 0 heterocycles. The predicted octanol–water partition coefficient (Wildman–Crippen LogP) is 2.71. The van der Waals surface area contributed by atoms with Crippen LogP contribution in [0.3, 0.4) is 0 Å². The number of carbonyl (C=O) groups excluding carboxylic acids is 1. The number of nitrogen functional groups attached to an aromatic ring is 1. The topological polar surface area (TPSA) is 125 Å². The zero-order valence-corrected chi connectivity index (χ0v) is 14.5. The number of nitrogens with zero attached hydrogens (tertiary/aromatic N) is 1. The lowest BCUT2D eigenvalue weighted by Crippen LogP contribution is -1.97. The van der Waals surface area contributed by atoms with Crippen molar-refractivity contribution >= 4 is 12.1 Å². The van der Waals surface area contributed by atoms with Crippen LogP contribution in [0.1, 0.15) is 27.8 Å². The average molecular weight is 330 g/mol. The van der Waals surface area contributed by atoms with Gasteiger partial charge in [0.15, 0.2) is 0 Å². The van der Waals surface area contributed by atoms with Gasteiger partial charge in [-0.25, -0.2) is 0 Å². The Morgan fingerprint density at radius 1 is 1.04 bits per heavy atom. The summed E-state index contributed by atoms with van der Waals surface area (Å²) in [6.45, 7) is 6.82. The van der Waals surface area contributed by atoms with Gasteiger partial charge < -0.3 is 17.2 Å². The highest BCUT2D eigenvalue weighted by Crippen LogP contribution is 2.12. The summed E-state index contributed by atoms with van der Waals surface area (Å²) in [7, 11) is 0. The van der Waals surface area contributed by atoms with Gasteiger partial charge in [-0.3, -0.25) is 4.79 Å². The van der Waals surface area contributed by atoms with Crippen LogP contribution in [0.25, 0.3) is 0 Å². The third-order valence-corrected chi connectivity index (χ3v) is 3.30. The lowest BCUT2D eigenvalue weighted by atomic mass is 10.1. The van der Waals surface area contributed by atoms with Crippen LogP contribution >= 0.6 is 0 Å². The van der Waals surface area contributed by atoms with Crippen molar-refractivity contribution in [2.45, 2.75) is 33.9 Å². The van der Waals surface area contributed by atoms with Crippen molar-refractivity contribution in [1.29, 1.82) is 0 Å². The zero-order valence-electron chi connectivity index (χ0n) is 14.5. The summed E-state index contributed by atoms with van der Waals surface area (Å²) >= 11 is 0. The minimum Gasteiger partial charge on any atom is -0.399 e. The molecule has 0 radical (unpaired) electrons. The first-order valence-electron chi connectivity index (χ1n) is 7.45. The molecule has 0 aliphatic heterocycles. The highest BCUT2D eigenvalue weighted by molar-refractivity contribution is 5.47. The molecule has 0 bridgehead atoms. The van der Waals surface area contributed by atoms with Crippen LogP contribution in [0.2, 0.25) is 0 Å². The second-order valence-corrected chi connectivity index (χ2v) is 5.25. The minimum absolute atomic E-state index is 0.247. The van der Waals surface area contributed by atoms with Gasteiger partial charge in [0.25, 0.3) is 0 Å². The van der Waals surface area contributed by atoms with Crippen molar-refractivity contribution < 1.29 is 4.79 Å². The molecular formula is C18H26N4O2. The van der Waals surface area contributed by atoms with E-state index in [1.54, 1.807) is 0 Å². The van der Waals surface area contributed by atoms with Crippen molar-refractivity contribution in [3.8, 4) is 0 Å². The van der Waals surface area contributed by atoms with E-state index in [-0.39, 0.29) is 13.0 Å². The Kier molecular flexibility index (Phi) is 10.4. The van der Waals surface area contributed by atoms with E-state index in [4.69, 9.17) is 16.3 Å². The molecule has 6 nitrogen and oxygen atoms in total. The van der Waals surface area contributed by atoms with Crippen molar-refractivity contribution in [3.05, 3.63) is 69.1 Å². The molecule has 0 atom stereocenters. The summed E-state index contributed by atoms with van der Waals surface area (Å²) in [6.07, 6.45) is 0.250.